The minimum atomic E-state index is -1.90. The summed E-state index contributed by atoms with van der Waals surface area (Å²) in [7, 11) is 0. The maximum absolute atomic E-state index is 13.8. The normalized spacial score (nSPS) is 14.8. The second-order valence-electron chi connectivity index (χ2n) is 18.2. The van der Waals surface area contributed by atoms with Crippen molar-refractivity contribution in [3.05, 3.63) is 54.2 Å². The molecule has 17 N–H and O–H groups in total. The van der Waals surface area contributed by atoms with Gasteiger partial charge in [-0.15, -0.1) is 0 Å². The summed E-state index contributed by atoms with van der Waals surface area (Å²) < 4.78 is 0. The van der Waals surface area contributed by atoms with Gasteiger partial charge in [-0.1, -0.05) is 43.8 Å². The van der Waals surface area contributed by atoms with Crippen molar-refractivity contribution in [3.8, 4) is 0 Å². The van der Waals surface area contributed by atoms with Gasteiger partial charge in [-0.25, -0.2) is 4.98 Å². The molecular weight excluding hydrogens is 999 g/mol. The van der Waals surface area contributed by atoms with Crippen molar-refractivity contribution in [2.45, 2.75) is 146 Å². The Bertz CT molecular complexity index is 2430. The average Bonchev–Trinajstić information content (AvgIpc) is 4.03. The number of aliphatic carboxylic acids is 1. The summed E-state index contributed by atoms with van der Waals surface area (Å²) in [5, 5.41) is 37.9. The van der Waals surface area contributed by atoms with Crippen LogP contribution in [-0.4, -0.2) is 157 Å². The predicted molar refractivity (Wildman–Crippen MR) is 274 cm³/mol. The number of nitrogens with zero attached hydrogens (tertiary/aromatic N) is 1. The third-order valence-corrected chi connectivity index (χ3v) is 12.8. The molecule has 0 saturated heterocycles. The number of aliphatic hydroxyl groups is 1. The van der Waals surface area contributed by atoms with Gasteiger partial charge in [-0.2, -0.15) is 0 Å². The highest BCUT2D eigenvalue weighted by Crippen LogP contribution is 2.19. The number of rotatable bonds is 34. The molecule has 26 nitrogen and oxygen atoms in total. The van der Waals surface area contributed by atoms with Gasteiger partial charge in [0.1, 0.15) is 48.6 Å². The number of carbonyl (C=O) groups excluding carboxylic acids is 10. The lowest BCUT2D eigenvalue weighted by molar-refractivity contribution is -0.141. The molecule has 8 amide bonds. The Kier molecular flexibility index (Phi) is 26.1. The molecule has 0 bridgehead atoms. The fourth-order valence-electron chi connectivity index (χ4n) is 7.51. The van der Waals surface area contributed by atoms with Crippen LogP contribution in [0.3, 0.4) is 0 Å². The SMILES string of the molecule is CC(C)[C@H](NC(=O)[C@@H](N)Cc1c[nH]c2ccccc12)C(=O)N[C@@H](CCC(N)=O)C(=O)N[C@@H](CC(=O)O)C(=O)N[C@@H](C)C(=O)N[C@H](C(=O)N[C@@H](CCCCN)C(=O)N[C@@H](Cc1cnc[nH]1)C(=O)SCCCC=O)[C@@H](C)O. The van der Waals surface area contributed by atoms with Crippen molar-refractivity contribution in [2.75, 3.05) is 12.3 Å². The highest BCUT2D eigenvalue weighted by Gasteiger charge is 2.36. The van der Waals surface area contributed by atoms with E-state index in [1.165, 1.54) is 19.4 Å². The lowest BCUT2D eigenvalue weighted by Crippen LogP contribution is -2.61. The fraction of sp³-hybridized carbons (Fsp3) is 0.542. The number of hydrogen-bond acceptors (Lipinski definition) is 16. The van der Waals surface area contributed by atoms with Crippen molar-refractivity contribution in [3.63, 3.8) is 0 Å². The molecule has 0 saturated carbocycles. The molecule has 9 atom stereocenters. The first kappa shape index (κ1) is 62.1. The highest BCUT2D eigenvalue weighted by molar-refractivity contribution is 8.13. The largest absolute Gasteiger partial charge is 0.481 e. The Morgan fingerprint density at radius 2 is 1.33 bits per heavy atom. The number of benzene rings is 1. The van der Waals surface area contributed by atoms with Gasteiger partial charge in [0.15, 0.2) is 0 Å². The van der Waals surface area contributed by atoms with Crippen LogP contribution < -0.4 is 54.4 Å². The molecule has 0 fully saturated rings. The maximum atomic E-state index is 13.8. The van der Waals surface area contributed by atoms with E-state index in [1.54, 1.807) is 20.0 Å². The van der Waals surface area contributed by atoms with Crippen molar-refractivity contribution >= 4 is 87.3 Å². The highest BCUT2D eigenvalue weighted by atomic mass is 32.2. The Balaban J connectivity index is 1.73. The minimum absolute atomic E-state index is 0.0121. The van der Waals surface area contributed by atoms with Gasteiger partial charge >= 0.3 is 5.97 Å². The quantitative estimate of drug-likeness (QED) is 0.0218. The summed E-state index contributed by atoms with van der Waals surface area (Å²) >= 11 is 0.918. The number of carbonyl (C=O) groups is 11. The number of amides is 8. The number of imidazole rings is 1. The van der Waals surface area contributed by atoms with Gasteiger partial charge in [0.05, 0.1) is 24.9 Å². The summed E-state index contributed by atoms with van der Waals surface area (Å²) in [4.78, 5) is 153. The number of nitrogens with two attached hydrogens (primary N) is 3. The van der Waals surface area contributed by atoms with Crippen LogP contribution in [0.2, 0.25) is 0 Å². The van der Waals surface area contributed by atoms with E-state index in [-0.39, 0.29) is 32.2 Å². The van der Waals surface area contributed by atoms with E-state index in [1.807, 2.05) is 24.3 Å². The molecule has 2 aromatic heterocycles. The number of fused-ring (bicyclic) bond motifs is 1. The molecule has 1 aromatic carbocycles. The third kappa shape index (κ3) is 20.9. The first-order chi connectivity index (χ1) is 35.6. The smallest absolute Gasteiger partial charge is 0.305 e. The van der Waals surface area contributed by atoms with Crippen LogP contribution in [0.15, 0.2) is 43.0 Å². The standard InChI is InChI=1S/C48H71N13O13S/c1-25(2)39(60-42(68)31(50)19-28-22-53-32-12-6-5-11-30(28)32)46(72)57-34(14-15-37(51)64)44(70)58-35(21-38(65)66)45(71)55-26(3)41(67)61-40(27(4)63)47(73)56-33(13-7-8-16-49)43(69)59-36(20-29-23-52-24-54-29)48(74)75-18-10-9-17-62/h5-6,11-12,17,22-27,31,33-36,39-40,53,63H,7-10,13-16,18-21,49-50H2,1-4H3,(H2,51,64)(H,52,54)(H,55,71)(H,56,73)(H,57,72)(H,58,70)(H,59,69)(H,60,68)(H,61,67)(H,65,66)/t26-,27+,31-,33-,34-,35-,36-,39-,40-/m0/s1. The van der Waals surface area contributed by atoms with Crippen LogP contribution in [0.5, 0.6) is 0 Å². The predicted octanol–water partition coefficient (Wildman–Crippen LogP) is -2.44. The second-order valence-corrected chi connectivity index (χ2v) is 19.3. The van der Waals surface area contributed by atoms with Gasteiger partial charge in [-0.3, -0.25) is 47.9 Å². The zero-order valence-electron chi connectivity index (χ0n) is 42.4. The lowest BCUT2D eigenvalue weighted by Gasteiger charge is -2.28. The van der Waals surface area contributed by atoms with Gasteiger partial charge in [0.2, 0.25) is 52.4 Å². The third-order valence-electron chi connectivity index (χ3n) is 11.7. The monoisotopic (exact) mass is 1070 g/mol. The van der Waals surface area contributed by atoms with Crippen LogP contribution in [-0.2, 0) is 65.6 Å². The molecule has 412 valence electrons. The van der Waals surface area contributed by atoms with E-state index in [4.69, 9.17) is 17.2 Å². The van der Waals surface area contributed by atoms with Crippen molar-refractivity contribution in [2.24, 2.45) is 23.1 Å². The van der Waals surface area contributed by atoms with Gasteiger partial charge in [-0.05, 0) is 76.5 Å². The lowest BCUT2D eigenvalue weighted by atomic mass is 10.00. The number of nitrogens with one attached hydrogen (secondary N) is 9. The van der Waals surface area contributed by atoms with E-state index < -0.39 is 138 Å². The average molecular weight is 1070 g/mol. The van der Waals surface area contributed by atoms with Crippen molar-refractivity contribution in [1.82, 2.24) is 52.2 Å². The van der Waals surface area contributed by atoms with Gasteiger partial charge in [0, 0.05) is 54.0 Å². The summed E-state index contributed by atoms with van der Waals surface area (Å²) in [5.74, 6) is -9.48. The Labute approximate surface area is 437 Å². The number of para-hydroxylation sites is 1. The summed E-state index contributed by atoms with van der Waals surface area (Å²) in [6.07, 6.45) is 3.40. The molecule has 3 aromatic rings. The molecule has 0 aliphatic heterocycles. The number of primary amides is 1. The number of aldehydes is 1. The van der Waals surface area contributed by atoms with Crippen LogP contribution >= 0.6 is 11.8 Å². The van der Waals surface area contributed by atoms with Gasteiger partial charge in [0.25, 0.3) is 0 Å². The molecule has 0 aliphatic rings. The van der Waals surface area contributed by atoms with Crippen LogP contribution in [0.1, 0.15) is 90.3 Å². The zero-order chi connectivity index (χ0) is 55.8. The number of carboxylic acid groups (broad SMARTS) is 1. The number of aliphatic hydroxyl groups excluding tert-OH is 1. The number of hydrogen-bond donors (Lipinski definition) is 14. The van der Waals surface area contributed by atoms with Crippen molar-refractivity contribution < 1.29 is 63.0 Å². The number of aromatic amines is 2. The molecule has 0 unspecified atom stereocenters. The van der Waals surface area contributed by atoms with Gasteiger partial charge < -0.3 is 79.4 Å². The number of carboxylic acids is 1. The number of H-pyrrole nitrogens is 2. The Hall–Kier alpha value is -7.23. The molecular formula is C48H71N13O13S. The molecule has 0 spiro atoms. The van der Waals surface area contributed by atoms with E-state index in [2.05, 4.69) is 52.2 Å². The first-order valence-corrected chi connectivity index (χ1v) is 25.4. The van der Waals surface area contributed by atoms with Crippen molar-refractivity contribution in [1.29, 1.82) is 0 Å². The summed E-state index contributed by atoms with van der Waals surface area (Å²) in [6.45, 7) is 5.81. The number of aromatic nitrogens is 3. The molecule has 2 heterocycles. The molecule has 75 heavy (non-hydrogen) atoms. The van der Waals surface area contributed by atoms with E-state index in [9.17, 15) is 63.0 Å². The minimum Gasteiger partial charge on any atom is -0.481 e. The van der Waals surface area contributed by atoms with E-state index in [0.29, 0.717) is 30.7 Å². The topological polar surface area (TPSA) is 435 Å². The van der Waals surface area contributed by atoms with Crippen LogP contribution in [0.25, 0.3) is 10.9 Å². The fourth-order valence-corrected chi connectivity index (χ4v) is 8.36. The maximum Gasteiger partial charge on any atom is 0.305 e. The Morgan fingerprint density at radius 1 is 0.720 bits per heavy atom. The summed E-state index contributed by atoms with van der Waals surface area (Å²) in [5.41, 5.74) is 19.4. The molecule has 0 aliphatic carbocycles. The molecule has 27 heteroatoms. The Morgan fingerprint density at radius 3 is 1.93 bits per heavy atom. The van der Waals surface area contributed by atoms with Crippen LogP contribution in [0, 0.1) is 5.92 Å². The summed E-state index contributed by atoms with van der Waals surface area (Å²) in [6, 6.07) is -4.19. The zero-order valence-corrected chi connectivity index (χ0v) is 43.2. The number of thioether (sulfide) groups is 1. The second kappa shape index (κ2) is 31.5. The molecule has 0 radical (unpaired) electrons. The van der Waals surface area contributed by atoms with E-state index in [0.717, 1.165) is 41.4 Å². The van der Waals surface area contributed by atoms with E-state index >= 15 is 0 Å². The first-order valence-electron chi connectivity index (χ1n) is 24.5. The number of unbranched alkanes of at least 4 members (excludes halogenated alkanes) is 2. The molecule has 3 rings (SSSR count). The van der Waals surface area contributed by atoms with Crippen LogP contribution in [0.4, 0.5) is 0 Å².